The molecule has 11 nitrogen and oxygen atoms in total. The molecule has 4 N–H and O–H groups in total. The van der Waals surface area contributed by atoms with E-state index in [0.717, 1.165) is 0 Å². The Morgan fingerprint density at radius 2 is 2.00 bits per heavy atom. The van der Waals surface area contributed by atoms with Crippen molar-refractivity contribution in [3.63, 3.8) is 0 Å². The maximum absolute atomic E-state index is 12.5. The maximum atomic E-state index is 12.5. The van der Waals surface area contributed by atoms with Crippen molar-refractivity contribution in [2.45, 2.75) is 24.5 Å². The van der Waals surface area contributed by atoms with Crippen LogP contribution >= 0.6 is 0 Å². The summed E-state index contributed by atoms with van der Waals surface area (Å²) in [6.07, 6.45) is -3.23. The van der Waals surface area contributed by atoms with E-state index in [-0.39, 0.29) is 23.0 Å². The van der Waals surface area contributed by atoms with E-state index in [1.807, 2.05) is 0 Å². The third kappa shape index (κ3) is 3.40. The summed E-state index contributed by atoms with van der Waals surface area (Å²) in [5.74, 6) is -0.277. The van der Waals surface area contributed by atoms with Crippen molar-refractivity contribution < 1.29 is 29.6 Å². The van der Waals surface area contributed by atoms with Crippen LogP contribution in [0.1, 0.15) is 16.6 Å². The minimum absolute atomic E-state index is 0.0330. The lowest BCUT2D eigenvalue weighted by Crippen LogP contribution is -2.33. The van der Waals surface area contributed by atoms with Crippen LogP contribution in [-0.2, 0) is 4.74 Å². The van der Waals surface area contributed by atoms with Gasteiger partial charge in [-0.25, -0.2) is 4.98 Å². The second kappa shape index (κ2) is 7.72. The van der Waals surface area contributed by atoms with Crippen LogP contribution in [0, 0.1) is 0 Å². The molecule has 2 aromatic heterocycles. The number of benzene rings is 1. The van der Waals surface area contributed by atoms with Crippen LogP contribution in [0.5, 0.6) is 6.01 Å². The van der Waals surface area contributed by atoms with Gasteiger partial charge in [-0.2, -0.15) is 9.97 Å². The molecule has 1 amide bonds. The van der Waals surface area contributed by atoms with E-state index in [2.05, 4.69) is 20.3 Å². The molecule has 11 heteroatoms. The first-order valence-corrected chi connectivity index (χ1v) is 8.81. The molecule has 1 aliphatic heterocycles. The fraction of sp³-hybridized carbons (Fsp3) is 0.333. The van der Waals surface area contributed by atoms with Crippen LogP contribution in [0.25, 0.3) is 11.2 Å². The zero-order chi connectivity index (χ0) is 20.5. The number of aliphatic hydroxyl groups is 3. The van der Waals surface area contributed by atoms with Crippen LogP contribution in [0.15, 0.2) is 36.7 Å². The number of methoxy groups -OCH3 is 1. The average molecular weight is 401 g/mol. The highest BCUT2D eigenvalue weighted by atomic mass is 16.6. The molecule has 0 unspecified atom stereocenters. The quantitative estimate of drug-likeness (QED) is 0.451. The van der Waals surface area contributed by atoms with E-state index in [0.29, 0.717) is 5.56 Å². The Balaban J connectivity index is 1.73. The summed E-state index contributed by atoms with van der Waals surface area (Å²) < 4.78 is 12.0. The van der Waals surface area contributed by atoms with E-state index < -0.39 is 37.1 Å². The summed E-state index contributed by atoms with van der Waals surface area (Å²) in [6.45, 7) is -0.460. The summed E-state index contributed by atoms with van der Waals surface area (Å²) in [5, 5.41) is 32.3. The number of aliphatic hydroxyl groups excluding tert-OH is 3. The number of anilines is 1. The zero-order valence-electron chi connectivity index (χ0n) is 15.3. The Labute approximate surface area is 164 Å². The summed E-state index contributed by atoms with van der Waals surface area (Å²) >= 11 is 0. The molecule has 0 aliphatic carbocycles. The molecule has 1 saturated heterocycles. The minimum atomic E-state index is -1.31. The lowest BCUT2D eigenvalue weighted by molar-refractivity contribution is -0.0511. The third-order valence-electron chi connectivity index (χ3n) is 4.64. The van der Waals surface area contributed by atoms with Crippen LogP contribution < -0.4 is 10.1 Å². The maximum Gasteiger partial charge on any atom is 0.320 e. The van der Waals surface area contributed by atoms with Gasteiger partial charge in [-0.05, 0) is 12.1 Å². The van der Waals surface area contributed by atoms with Gasteiger partial charge in [0.25, 0.3) is 5.91 Å². The Bertz CT molecular complexity index is 1030. The number of imidazole rings is 1. The first-order valence-electron chi connectivity index (χ1n) is 8.81. The summed E-state index contributed by atoms with van der Waals surface area (Å²) in [5.41, 5.74) is 0.893. The van der Waals surface area contributed by atoms with Crippen molar-refractivity contribution in [1.82, 2.24) is 19.5 Å². The Morgan fingerprint density at radius 1 is 1.24 bits per heavy atom. The lowest BCUT2D eigenvalue weighted by atomic mass is 10.1. The fourth-order valence-electron chi connectivity index (χ4n) is 3.14. The smallest absolute Gasteiger partial charge is 0.320 e. The first kappa shape index (κ1) is 19.2. The van der Waals surface area contributed by atoms with Gasteiger partial charge in [-0.1, -0.05) is 18.2 Å². The second-order valence-corrected chi connectivity index (χ2v) is 6.43. The van der Waals surface area contributed by atoms with Gasteiger partial charge in [0, 0.05) is 5.56 Å². The number of rotatable bonds is 5. The number of aromatic nitrogens is 4. The van der Waals surface area contributed by atoms with Gasteiger partial charge in [0.2, 0.25) is 0 Å². The molecule has 4 rings (SSSR count). The molecule has 1 fully saturated rings. The highest BCUT2D eigenvalue weighted by Gasteiger charge is 2.44. The van der Waals surface area contributed by atoms with Gasteiger partial charge in [0.15, 0.2) is 23.2 Å². The van der Waals surface area contributed by atoms with E-state index in [1.54, 1.807) is 30.3 Å². The van der Waals surface area contributed by atoms with Crippen LogP contribution in [-0.4, -0.2) is 72.8 Å². The molecular formula is C18H19N5O6. The normalized spacial score (nSPS) is 24.0. The number of carbonyl (C=O) groups is 1. The molecule has 0 radical (unpaired) electrons. The van der Waals surface area contributed by atoms with Crippen LogP contribution in [0.3, 0.4) is 0 Å². The predicted molar refractivity (Wildman–Crippen MR) is 99.3 cm³/mol. The SMILES string of the molecule is COc1nc(NC(=O)c2ccccc2)c2ncn([C@@H]3O[C@H](CO)[C@@H](O)[C@H]3O)c2n1. The minimum Gasteiger partial charge on any atom is -0.467 e. The van der Waals surface area contributed by atoms with Crippen molar-refractivity contribution in [2.75, 3.05) is 19.0 Å². The molecule has 3 heterocycles. The Hall–Kier alpha value is -3.12. The van der Waals surface area contributed by atoms with Gasteiger partial charge in [-0.15, -0.1) is 0 Å². The molecule has 0 saturated carbocycles. The highest BCUT2D eigenvalue weighted by Crippen LogP contribution is 2.33. The molecule has 1 aliphatic rings. The molecule has 0 spiro atoms. The number of nitrogens with one attached hydrogen (secondary N) is 1. The summed E-state index contributed by atoms with van der Waals surface area (Å²) in [6, 6.07) is 8.55. The standard InChI is InChI=1S/C18H19N5O6/c1-28-18-21-14(20-16(27)9-5-3-2-4-6-9)11-15(22-18)23(8-19-11)17-13(26)12(25)10(7-24)29-17/h2-6,8,10,12-13,17,24-26H,7H2,1H3,(H,20,21,22,27)/t10-,12-,13-,17-/m1/s1. The molecule has 29 heavy (non-hydrogen) atoms. The summed E-state index contributed by atoms with van der Waals surface area (Å²) in [4.78, 5) is 25.1. The van der Waals surface area contributed by atoms with Crippen molar-refractivity contribution in [3.05, 3.63) is 42.2 Å². The van der Waals surface area contributed by atoms with Crippen LogP contribution in [0.4, 0.5) is 5.82 Å². The zero-order valence-corrected chi connectivity index (χ0v) is 15.3. The van der Waals surface area contributed by atoms with Crippen molar-refractivity contribution in [1.29, 1.82) is 0 Å². The fourth-order valence-corrected chi connectivity index (χ4v) is 3.14. The van der Waals surface area contributed by atoms with Gasteiger partial charge in [0.1, 0.15) is 18.3 Å². The number of fused-ring (bicyclic) bond motifs is 1. The number of ether oxygens (including phenoxy) is 2. The van der Waals surface area contributed by atoms with E-state index in [1.165, 1.54) is 18.0 Å². The largest absolute Gasteiger partial charge is 0.467 e. The lowest BCUT2D eigenvalue weighted by Gasteiger charge is -2.16. The molecule has 1 aromatic carbocycles. The molecular weight excluding hydrogens is 382 g/mol. The predicted octanol–water partition coefficient (Wildman–Crippen LogP) is -0.301. The Kier molecular flexibility index (Phi) is 5.11. The number of hydrogen-bond acceptors (Lipinski definition) is 9. The molecule has 152 valence electrons. The van der Waals surface area contributed by atoms with Gasteiger partial charge in [0.05, 0.1) is 20.0 Å². The van der Waals surface area contributed by atoms with Crippen molar-refractivity contribution >= 4 is 22.9 Å². The van der Waals surface area contributed by atoms with Gasteiger partial charge < -0.3 is 30.1 Å². The van der Waals surface area contributed by atoms with Gasteiger partial charge in [-0.3, -0.25) is 9.36 Å². The van der Waals surface area contributed by atoms with Crippen molar-refractivity contribution in [3.8, 4) is 6.01 Å². The summed E-state index contributed by atoms with van der Waals surface area (Å²) in [7, 11) is 1.37. The third-order valence-corrected chi connectivity index (χ3v) is 4.64. The number of amides is 1. The first-order chi connectivity index (χ1) is 14.0. The monoisotopic (exact) mass is 401 g/mol. The average Bonchev–Trinajstić information content (AvgIpc) is 3.29. The number of carbonyl (C=O) groups excluding carboxylic acids is 1. The second-order valence-electron chi connectivity index (χ2n) is 6.43. The van der Waals surface area contributed by atoms with E-state index >= 15 is 0 Å². The van der Waals surface area contributed by atoms with Crippen LogP contribution in [0.2, 0.25) is 0 Å². The van der Waals surface area contributed by atoms with Gasteiger partial charge >= 0.3 is 6.01 Å². The molecule has 4 atom stereocenters. The topological polar surface area (TPSA) is 152 Å². The Morgan fingerprint density at radius 3 is 2.66 bits per heavy atom. The van der Waals surface area contributed by atoms with E-state index in [9.17, 15) is 20.1 Å². The van der Waals surface area contributed by atoms with Crippen molar-refractivity contribution in [2.24, 2.45) is 0 Å². The number of nitrogens with zero attached hydrogens (tertiary/aromatic N) is 4. The molecule has 3 aromatic rings. The molecule has 0 bridgehead atoms. The van der Waals surface area contributed by atoms with E-state index in [4.69, 9.17) is 9.47 Å². The highest BCUT2D eigenvalue weighted by molar-refractivity contribution is 6.06. The number of hydrogen-bond donors (Lipinski definition) is 4.